The number of aryl methyl sites for hydroxylation is 1. The molecule has 0 atom stereocenters. The molecule has 0 aliphatic carbocycles. The Kier molecular flexibility index (Phi) is 3.79. The van der Waals surface area contributed by atoms with Gasteiger partial charge in [0.1, 0.15) is 0 Å². The van der Waals surface area contributed by atoms with Crippen molar-refractivity contribution in [3.8, 4) is 10.4 Å². The van der Waals surface area contributed by atoms with Crippen LogP contribution in [0.15, 0.2) is 60.9 Å². The highest BCUT2D eigenvalue weighted by Crippen LogP contribution is 2.28. The molecule has 0 aliphatic heterocycles. The third-order valence-corrected chi connectivity index (χ3v) is 4.35. The second kappa shape index (κ2) is 5.88. The molecule has 0 bridgehead atoms. The fourth-order valence-electron chi connectivity index (χ4n) is 2.06. The second-order valence-corrected chi connectivity index (χ2v) is 5.84. The monoisotopic (exact) mass is 280 g/mol. The molecule has 0 saturated heterocycles. The van der Waals surface area contributed by atoms with Crippen molar-refractivity contribution >= 4 is 17.0 Å². The van der Waals surface area contributed by atoms with E-state index in [4.69, 9.17) is 0 Å². The zero-order chi connectivity index (χ0) is 13.8. The van der Waals surface area contributed by atoms with E-state index in [2.05, 4.69) is 53.6 Å². The van der Waals surface area contributed by atoms with Crippen molar-refractivity contribution in [1.29, 1.82) is 0 Å². The summed E-state index contributed by atoms with van der Waals surface area (Å²) < 4.78 is 0. The number of thiophene rings is 1. The SMILES string of the molecule is Cc1ccncc1NCc1ccc(-c2ccccc2)s1. The molecule has 0 amide bonds. The zero-order valence-electron chi connectivity index (χ0n) is 11.3. The summed E-state index contributed by atoms with van der Waals surface area (Å²) in [6.07, 6.45) is 3.69. The zero-order valence-corrected chi connectivity index (χ0v) is 12.2. The fourth-order valence-corrected chi connectivity index (χ4v) is 3.01. The Balaban J connectivity index is 1.71. The number of benzene rings is 1. The average molecular weight is 280 g/mol. The molecule has 2 aromatic heterocycles. The molecule has 3 heteroatoms. The molecule has 0 aliphatic rings. The smallest absolute Gasteiger partial charge is 0.0559 e. The van der Waals surface area contributed by atoms with Crippen LogP contribution in [0.5, 0.6) is 0 Å². The van der Waals surface area contributed by atoms with Gasteiger partial charge in [0.25, 0.3) is 0 Å². The van der Waals surface area contributed by atoms with Gasteiger partial charge in [-0.15, -0.1) is 11.3 Å². The van der Waals surface area contributed by atoms with E-state index < -0.39 is 0 Å². The van der Waals surface area contributed by atoms with Gasteiger partial charge in [-0.25, -0.2) is 0 Å². The number of hydrogen-bond acceptors (Lipinski definition) is 3. The van der Waals surface area contributed by atoms with Crippen LogP contribution in [-0.4, -0.2) is 4.98 Å². The third kappa shape index (κ3) is 2.89. The summed E-state index contributed by atoms with van der Waals surface area (Å²) in [7, 11) is 0. The van der Waals surface area contributed by atoms with E-state index in [0.717, 1.165) is 12.2 Å². The molecule has 100 valence electrons. The first-order valence-electron chi connectivity index (χ1n) is 6.61. The summed E-state index contributed by atoms with van der Waals surface area (Å²) >= 11 is 1.83. The molecule has 3 aromatic rings. The van der Waals surface area contributed by atoms with Crippen molar-refractivity contribution < 1.29 is 0 Å². The standard InChI is InChI=1S/C17H16N2S/c1-13-9-10-18-12-16(13)19-11-15-7-8-17(20-15)14-5-3-2-4-6-14/h2-10,12,19H,11H2,1H3. The summed E-state index contributed by atoms with van der Waals surface area (Å²) in [5.74, 6) is 0. The Morgan fingerprint density at radius 3 is 2.70 bits per heavy atom. The topological polar surface area (TPSA) is 24.9 Å². The lowest BCUT2D eigenvalue weighted by atomic mass is 10.2. The first kappa shape index (κ1) is 12.9. The Hall–Kier alpha value is -2.13. The normalized spacial score (nSPS) is 10.4. The summed E-state index contributed by atoms with van der Waals surface area (Å²) in [4.78, 5) is 6.79. The number of pyridine rings is 1. The summed E-state index contributed by atoms with van der Waals surface area (Å²) in [6, 6.07) is 16.9. The van der Waals surface area contributed by atoms with Gasteiger partial charge in [0, 0.05) is 22.5 Å². The predicted octanol–water partition coefficient (Wildman–Crippen LogP) is 4.73. The summed E-state index contributed by atoms with van der Waals surface area (Å²) in [5.41, 5.74) is 3.60. The van der Waals surface area contributed by atoms with Crippen LogP contribution < -0.4 is 5.32 Å². The molecular weight excluding hydrogens is 264 g/mol. The van der Waals surface area contributed by atoms with Crippen molar-refractivity contribution in [3.63, 3.8) is 0 Å². The van der Waals surface area contributed by atoms with Gasteiger partial charge >= 0.3 is 0 Å². The Morgan fingerprint density at radius 2 is 1.90 bits per heavy atom. The number of nitrogens with one attached hydrogen (secondary N) is 1. The maximum absolute atomic E-state index is 4.15. The van der Waals surface area contributed by atoms with Crippen molar-refractivity contribution in [3.05, 3.63) is 71.4 Å². The van der Waals surface area contributed by atoms with Crippen molar-refractivity contribution in [2.24, 2.45) is 0 Å². The maximum Gasteiger partial charge on any atom is 0.0559 e. The van der Waals surface area contributed by atoms with Crippen LogP contribution in [0.1, 0.15) is 10.4 Å². The summed E-state index contributed by atoms with van der Waals surface area (Å²) in [5, 5.41) is 3.44. The van der Waals surface area contributed by atoms with Crippen LogP contribution in [0.4, 0.5) is 5.69 Å². The Bertz CT molecular complexity index is 689. The van der Waals surface area contributed by atoms with Gasteiger partial charge in [-0.1, -0.05) is 30.3 Å². The van der Waals surface area contributed by atoms with E-state index in [1.165, 1.54) is 20.9 Å². The van der Waals surface area contributed by atoms with Gasteiger partial charge in [0.2, 0.25) is 0 Å². The van der Waals surface area contributed by atoms with E-state index in [-0.39, 0.29) is 0 Å². The Labute approximate surface area is 123 Å². The Morgan fingerprint density at radius 1 is 1.05 bits per heavy atom. The van der Waals surface area contributed by atoms with Gasteiger partial charge in [-0.2, -0.15) is 0 Å². The lowest BCUT2D eigenvalue weighted by molar-refractivity contribution is 1.16. The molecule has 2 nitrogen and oxygen atoms in total. The molecule has 2 heterocycles. The predicted molar refractivity (Wildman–Crippen MR) is 86.1 cm³/mol. The number of nitrogens with zero attached hydrogens (tertiary/aromatic N) is 1. The molecule has 1 aromatic carbocycles. The van der Waals surface area contributed by atoms with Crippen LogP contribution in [0.3, 0.4) is 0 Å². The highest BCUT2D eigenvalue weighted by molar-refractivity contribution is 7.15. The molecule has 20 heavy (non-hydrogen) atoms. The van der Waals surface area contributed by atoms with Crippen molar-refractivity contribution in [1.82, 2.24) is 4.98 Å². The van der Waals surface area contributed by atoms with E-state index >= 15 is 0 Å². The summed E-state index contributed by atoms with van der Waals surface area (Å²) in [6.45, 7) is 2.93. The molecule has 0 saturated carbocycles. The number of rotatable bonds is 4. The van der Waals surface area contributed by atoms with Crippen LogP contribution in [0.2, 0.25) is 0 Å². The van der Waals surface area contributed by atoms with Crippen molar-refractivity contribution in [2.45, 2.75) is 13.5 Å². The molecule has 0 fully saturated rings. The quantitative estimate of drug-likeness (QED) is 0.747. The average Bonchev–Trinajstić information content (AvgIpc) is 2.96. The minimum atomic E-state index is 0.837. The van der Waals surface area contributed by atoms with Crippen LogP contribution >= 0.6 is 11.3 Å². The number of aromatic nitrogens is 1. The van der Waals surface area contributed by atoms with Crippen molar-refractivity contribution in [2.75, 3.05) is 5.32 Å². The number of hydrogen-bond donors (Lipinski definition) is 1. The van der Waals surface area contributed by atoms with E-state index in [1.807, 2.05) is 35.9 Å². The largest absolute Gasteiger partial charge is 0.379 e. The number of anilines is 1. The molecular formula is C17H16N2S. The second-order valence-electron chi connectivity index (χ2n) is 4.68. The van der Waals surface area contributed by atoms with Gasteiger partial charge in [-0.3, -0.25) is 4.98 Å². The lowest BCUT2D eigenvalue weighted by Gasteiger charge is -2.06. The molecule has 0 radical (unpaired) electrons. The molecule has 0 unspecified atom stereocenters. The van der Waals surface area contributed by atoms with Gasteiger partial charge < -0.3 is 5.32 Å². The first-order chi connectivity index (χ1) is 9.83. The molecule has 3 rings (SSSR count). The lowest BCUT2D eigenvalue weighted by Crippen LogP contribution is -1.99. The van der Waals surface area contributed by atoms with Crippen LogP contribution in [-0.2, 0) is 6.54 Å². The van der Waals surface area contributed by atoms with E-state index in [9.17, 15) is 0 Å². The van der Waals surface area contributed by atoms with Gasteiger partial charge in [0.05, 0.1) is 11.9 Å². The third-order valence-electron chi connectivity index (χ3n) is 3.21. The van der Waals surface area contributed by atoms with E-state index in [1.54, 1.807) is 0 Å². The molecule has 0 spiro atoms. The highest BCUT2D eigenvalue weighted by Gasteiger charge is 2.03. The van der Waals surface area contributed by atoms with E-state index in [0.29, 0.717) is 0 Å². The van der Waals surface area contributed by atoms with Crippen LogP contribution in [0, 0.1) is 6.92 Å². The maximum atomic E-state index is 4.15. The fraction of sp³-hybridized carbons (Fsp3) is 0.118. The minimum Gasteiger partial charge on any atom is -0.379 e. The first-order valence-corrected chi connectivity index (χ1v) is 7.43. The minimum absolute atomic E-state index is 0.837. The van der Waals surface area contributed by atoms with Crippen LogP contribution in [0.25, 0.3) is 10.4 Å². The van der Waals surface area contributed by atoms with Gasteiger partial charge in [-0.05, 0) is 36.2 Å². The van der Waals surface area contributed by atoms with Gasteiger partial charge in [0.15, 0.2) is 0 Å². The highest BCUT2D eigenvalue weighted by atomic mass is 32.1. The molecule has 1 N–H and O–H groups in total.